The smallest absolute Gasteiger partial charge is 0.302 e. The van der Waals surface area contributed by atoms with Crippen LogP contribution in [0.15, 0.2) is 29.3 Å². The molecule has 0 bridgehead atoms. The molecule has 9 nitrogen and oxygen atoms in total. The molecule has 0 aliphatic carbocycles. The fourth-order valence-electron chi connectivity index (χ4n) is 1.50. The number of aromatic nitrogens is 2. The highest BCUT2D eigenvalue weighted by Gasteiger charge is 2.14. The van der Waals surface area contributed by atoms with Crippen molar-refractivity contribution in [2.75, 3.05) is 18.9 Å². The standard InChI is InChI=1S/C12H20N6O3/c1-9(20)21-8-11(7-19)18(14)6-10(15-2)5-17-4-3-16-12(17)13/h3-4,6,11,19H,2,5,7-8,14H2,1H3,(H2,13,16)/b10-6-. The summed E-state index contributed by atoms with van der Waals surface area (Å²) >= 11 is 0. The lowest BCUT2D eigenvalue weighted by atomic mass is 10.3. The van der Waals surface area contributed by atoms with Gasteiger partial charge >= 0.3 is 5.97 Å². The molecule has 1 unspecified atom stereocenters. The first kappa shape index (κ1) is 16.7. The molecule has 116 valence electrons. The van der Waals surface area contributed by atoms with E-state index in [0.29, 0.717) is 18.2 Å². The van der Waals surface area contributed by atoms with Gasteiger partial charge in [0.2, 0.25) is 0 Å². The molecule has 0 aliphatic rings. The molecule has 0 spiro atoms. The zero-order valence-electron chi connectivity index (χ0n) is 11.8. The number of hydrazine groups is 1. The van der Waals surface area contributed by atoms with Crippen molar-refractivity contribution in [3.05, 3.63) is 24.3 Å². The largest absolute Gasteiger partial charge is 0.464 e. The van der Waals surface area contributed by atoms with Crippen LogP contribution in [0, 0.1) is 0 Å². The number of anilines is 1. The lowest BCUT2D eigenvalue weighted by Gasteiger charge is -2.24. The number of nitrogen functional groups attached to an aromatic ring is 1. The molecule has 1 rings (SSSR count). The maximum absolute atomic E-state index is 10.8. The van der Waals surface area contributed by atoms with E-state index in [9.17, 15) is 9.90 Å². The van der Waals surface area contributed by atoms with Crippen molar-refractivity contribution in [3.8, 4) is 0 Å². The van der Waals surface area contributed by atoms with Crippen molar-refractivity contribution in [3.63, 3.8) is 0 Å². The Morgan fingerprint density at radius 2 is 2.48 bits per heavy atom. The van der Waals surface area contributed by atoms with Gasteiger partial charge in [-0.05, 0) is 6.72 Å². The zero-order chi connectivity index (χ0) is 15.8. The van der Waals surface area contributed by atoms with Gasteiger partial charge < -0.3 is 25.2 Å². The number of esters is 1. The van der Waals surface area contributed by atoms with Gasteiger partial charge in [0, 0.05) is 25.5 Å². The Morgan fingerprint density at radius 3 is 2.95 bits per heavy atom. The van der Waals surface area contributed by atoms with Crippen LogP contribution in [-0.2, 0) is 16.1 Å². The van der Waals surface area contributed by atoms with E-state index in [1.807, 2.05) is 0 Å². The number of carbonyl (C=O) groups is 1. The average molecular weight is 296 g/mol. The van der Waals surface area contributed by atoms with Crippen molar-refractivity contribution >= 4 is 18.6 Å². The number of rotatable bonds is 8. The number of hydrogen-bond acceptors (Lipinski definition) is 8. The summed E-state index contributed by atoms with van der Waals surface area (Å²) in [6.07, 6.45) is 4.75. The number of nitrogens with two attached hydrogens (primary N) is 2. The number of aliphatic hydroxyl groups is 1. The first-order chi connectivity index (χ1) is 9.97. The molecular weight excluding hydrogens is 276 g/mol. The number of aliphatic imine (C=N–C) groups is 1. The lowest BCUT2D eigenvalue weighted by Crippen LogP contribution is -2.43. The van der Waals surface area contributed by atoms with Gasteiger partial charge in [-0.2, -0.15) is 0 Å². The zero-order valence-corrected chi connectivity index (χ0v) is 11.8. The second kappa shape index (κ2) is 8.02. The molecule has 0 aromatic carbocycles. The summed E-state index contributed by atoms with van der Waals surface area (Å²) < 4.78 is 6.49. The van der Waals surface area contributed by atoms with Crippen LogP contribution in [-0.4, -0.2) is 51.6 Å². The quantitative estimate of drug-likeness (QED) is 0.245. The minimum absolute atomic E-state index is 0.0313. The van der Waals surface area contributed by atoms with E-state index in [1.54, 1.807) is 17.0 Å². The van der Waals surface area contributed by atoms with Crippen molar-refractivity contribution in [1.29, 1.82) is 0 Å². The van der Waals surface area contributed by atoms with Gasteiger partial charge in [0.25, 0.3) is 0 Å². The molecule has 5 N–H and O–H groups in total. The van der Waals surface area contributed by atoms with Gasteiger partial charge in [-0.3, -0.25) is 9.79 Å². The van der Waals surface area contributed by atoms with Crippen LogP contribution < -0.4 is 11.6 Å². The summed E-state index contributed by atoms with van der Waals surface area (Å²) in [7, 11) is 0. The van der Waals surface area contributed by atoms with Crippen LogP contribution in [0.5, 0.6) is 0 Å². The minimum Gasteiger partial charge on any atom is -0.464 e. The summed E-state index contributed by atoms with van der Waals surface area (Å²) in [5, 5.41) is 10.5. The summed E-state index contributed by atoms with van der Waals surface area (Å²) in [4.78, 5) is 18.5. The van der Waals surface area contributed by atoms with Gasteiger partial charge in [0.1, 0.15) is 12.6 Å². The second-order valence-electron chi connectivity index (χ2n) is 4.28. The Balaban J connectivity index is 2.73. The monoisotopic (exact) mass is 296 g/mol. The van der Waals surface area contributed by atoms with E-state index in [4.69, 9.17) is 16.3 Å². The van der Waals surface area contributed by atoms with Crippen molar-refractivity contribution in [1.82, 2.24) is 14.6 Å². The van der Waals surface area contributed by atoms with E-state index in [1.165, 1.54) is 18.1 Å². The predicted octanol–water partition coefficient (Wildman–Crippen LogP) is -0.893. The number of imidazole rings is 1. The summed E-state index contributed by atoms with van der Waals surface area (Å²) in [6.45, 7) is 4.76. The maximum atomic E-state index is 10.8. The average Bonchev–Trinajstić information content (AvgIpc) is 2.83. The molecule has 0 saturated carbocycles. The first-order valence-electron chi connectivity index (χ1n) is 6.19. The third kappa shape index (κ3) is 5.24. The number of nitrogens with zero attached hydrogens (tertiary/aromatic N) is 4. The molecule has 21 heavy (non-hydrogen) atoms. The third-order valence-corrected chi connectivity index (χ3v) is 2.69. The number of aliphatic hydroxyl groups excluding tert-OH is 1. The highest BCUT2D eigenvalue weighted by Crippen LogP contribution is 2.08. The van der Waals surface area contributed by atoms with E-state index in [2.05, 4.69) is 16.7 Å². The topological polar surface area (TPSA) is 132 Å². The summed E-state index contributed by atoms with van der Waals surface area (Å²) in [5.41, 5.74) is 6.18. The number of hydrogen-bond donors (Lipinski definition) is 3. The van der Waals surface area contributed by atoms with Crippen LogP contribution >= 0.6 is 0 Å². The molecule has 1 heterocycles. The molecular formula is C12H20N6O3. The fourth-order valence-corrected chi connectivity index (χ4v) is 1.50. The third-order valence-electron chi connectivity index (χ3n) is 2.69. The van der Waals surface area contributed by atoms with Gasteiger partial charge in [0.05, 0.1) is 18.8 Å². The van der Waals surface area contributed by atoms with E-state index in [0.717, 1.165) is 0 Å². The second-order valence-corrected chi connectivity index (χ2v) is 4.28. The number of allylic oxidation sites excluding steroid dienone is 1. The molecule has 0 saturated heterocycles. The minimum atomic E-state index is -0.578. The van der Waals surface area contributed by atoms with Crippen molar-refractivity contribution < 1.29 is 14.6 Å². The van der Waals surface area contributed by atoms with Gasteiger partial charge in [-0.1, -0.05) is 0 Å². The predicted molar refractivity (Wildman–Crippen MR) is 77.8 cm³/mol. The number of carbonyl (C=O) groups excluding carboxylic acids is 1. The molecule has 0 fully saturated rings. The highest BCUT2D eigenvalue weighted by atomic mass is 16.5. The number of ether oxygens (including phenoxy) is 1. The molecule has 1 aromatic rings. The van der Waals surface area contributed by atoms with E-state index in [-0.39, 0.29) is 13.2 Å². The molecule has 9 heteroatoms. The Labute approximate surface area is 122 Å². The van der Waals surface area contributed by atoms with E-state index >= 15 is 0 Å². The van der Waals surface area contributed by atoms with Crippen LogP contribution in [0.2, 0.25) is 0 Å². The highest BCUT2D eigenvalue weighted by molar-refractivity contribution is 5.65. The summed E-state index contributed by atoms with van der Waals surface area (Å²) in [6, 6.07) is -0.578. The van der Waals surface area contributed by atoms with Gasteiger partial charge in [0.15, 0.2) is 5.95 Å². The summed E-state index contributed by atoms with van der Waals surface area (Å²) in [5.74, 6) is 5.71. The van der Waals surface area contributed by atoms with Crippen LogP contribution in [0.3, 0.4) is 0 Å². The molecule has 0 aliphatic heterocycles. The molecule has 1 aromatic heterocycles. The fraction of sp³-hybridized carbons (Fsp3) is 0.417. The van der Waals surface area contributed by atoms with Crippen LogP contribution in [0.25, 0.3) is 0 Å². The van der Waals surface area contributed by atoms with Gasteiger partial charge in [-0.15, -0.1) is 0 Å². The van der Waals surface area contributed by atoms with Crippen molar-refractivity contribution in [2.45, 2.75) is 19.5 Å². The Hall–Kier alpha value is -2.39. The van der Waals surface area contributed by atoms with Crippen LogP contribution in [0.1, 0.15) is 6.92 Å². The Morgan fingerprint density at radius 1 is 1.76 bits per heavy atom. The first-order valence-corrected chi connectivity index (χ1v) is 6.19. The van der Waals surface area contributed by atoms with Crippen LogP contribution in [0.4, 0.5) is 5.95 Å². The maximum Gasteiger partial charge on any atom is 0.302 e. The SMILES string of the molecule is C=N/C(=C\N(N)C(CO)COC(C)=O)Cn1ccnc1N. The lowest BCUT2D eigenvalue weighted by molar-refractivity contribution is -0.142. The normalized spacial score (nSPS) is 12.8. The Kier molecular flexibility index (Phi) is 6.37. The Bertz CT molecular complexity index is 513. The molecule has 0 amide bonds. The van der Waals surface area contributed by atoms with Gasteiger partial charge in [-0.25, -0.2) is 10.8 Å². The van der Waals surface area contributed by atoms with E-state index < -0.39 is 12.0 Å². The molecule has 0 radical (unpaired) electrons. The molecule has 1 atom stereocenters. The van der Waals surface area contributed by atoms with Crippen molar-refractivity contribution in [2.24, 2.45) is 10.8 Å².